The topological polar surface area (TPSA) is 56.7 Å². The summed E-state index contributed by atoms with van der Waals surface area (Å²) in [4.78, 5) is 4.29. The molecule has 0 atom stereocenters. The molecule has 0 spiro atoms. The van der Waals surface area contributed by atoms with Crippen LogP contribution in [0.5, 0.6) is 0 Å². The lowest BCUT2D eigenvalue weighted by molar-refractivity contribution is 0.598. The molecule has 0 saturated heterocycles. The number of hydrogen-bond donors (Lipinski definition) is 1. The number of nitrogens with two attached hydrogens (primary N) is 1. The lowest BCUT2D eigenvalue weighted by Gasteiger charge is -2.04. The predicted molar refractivity (Wildman–Crippen MR) is 69.6 cm³/mol. The lowest BCUT2D eigenvalue weighted by atomic mass is 10.1. The maximum absolute atomic E-state index is 5.66. The van der Waals surface area contributed by atoms with Crippen molar-refractivity contribution in [2.75, 3.05) is 5.73 Å². The number of aromatic nitrogens is 3. The summed E-state index contributed by atoms with van der Waals surface area (Å²) in [5.41, 5.74) is 9.90. The van der Waals surface area contributed by atoms with E-state index in [9.17, 15) is 0 Å². The predicted octanol–water partition coefficient (Wildman–Crippen LogP) is 2.55. The van der Waals surface area contributed by atoms with Gasteiger partial charge >= 0.3 is 0 Å². The minimum atomic E-state index is 0.560. The first-order valence-corrected chi connectivity index (χ1v) is 5.89. The molecule has 2 aromatic heterocycles. The van der Waals surface area contributed by atoms with Crippen LogP contribution in [0.3, 0.4) is 0 Å². The molecule has 0 radical (unpaired) electrons. The highest BCUT2D eigenvalue weighted by Crippen LogP contribution is 2.25. The second kappa shape index (κ2) is 4.57. The molecule has 2 aromatic rings. The fourth-order valence-corrected chi connectivity index (χ4v) is 1.99. The van der Waals surface area contributed by atoms with E-state index in [1.165, 1.54) is 0 Å². The summed E-state index contributed by atoms with van der Waals surface area (Å²) in [5, 5.41) is 4.50. The molecule has 0 amide bonds. The van der Waals surface area contributed by atoms with Crippen LogP contribution in [0.2, 0.25) is 0 Å². The summed E-state index contributed by atoms with van der Waals surface area (Å²) >= 11 is 0. The van der Waals surface area contributed by atoms with Gasteiger partial charge in [0.1, 0.15) is 5.82 Å². The van der Waals surface area contributed by atoms with Crippen LogP contribution >= 0.6 is 0 Å². The minimum Gasteiger partial charge on any atom is -0.384 e. The number of aryl methyl sites for hydroxylation is 3. The van der Waals surface area contributed by atoms with Crippen LogP contribution < -0.4 is 5.73 Å². The van der Waals surface area contributed by atoms with E-state index in [0.29, 0.717) is 5.82 Å². The van der Waals surface area contributed by atoms with Gasteiger partial charge in [-0.15, -0.1) is 0 Å². The molecular formula is C13H18N4. The van der Waals surface area contributed by atoms with Gasteiger partial charge in [-0.1, -0.05) is 6.92 Å². The van der Waals surface area contributed by atoms with E-state index in [1.54, 1.807) is 0 Å². The zero-order valence-corrected chi connectivity index (χ0v) is 10.6. The highest BCUT2D eigenvalue weighted by atomic mass is 15.3. The zero-order chi connectivity index (χ0) is 12.4. The summed E-state index contributed by atoms with van der Waals surface area (Å²) in [5.74, 6) is 0.560. The summed E-state index contributed by atoms with van der Waals surface area (Å²) < 4.78 is 1.99. The molecule has 4 nitrogen and oxygen atoms in total. The van der Waals surface area contributed by atoms with Crippen molar-refractivity contribution >= 4 is 5.82 Å². The monoisotopic (exact) mass is 230 g/mol. The van der Waals surface area contributed by atoms with E-state index in [0.717, 1.165) is 35.5 Å². The first-order valence-electron chi connectivity index (χ1n) is 5.89. The van der Waals surface area contributed by atoms with Crippen molar-refractivity contribution in [3.05, 3.63) is 29.7 Å². The fraction of sp³-hybridized carbons (Fsp3) is 0.385. The Kier molecular flexibility index (Phi) is 3.13. The molecule has 0 aliphatic heterocycles. The molecule has 0 aromatic carbocycles. The van der Waals surface area contributed by atoms with Crippen LogP contribution in [0.1, 0.15) is 24.7 Å². The Bertz CT molecular complexity index is 528. The first-order chi connectivity index (χ1) is 8.11. The van der Waals surface area contributed by atoms with Crippen LogP contribution in [0, 0.1) is 13.8 Å². The maximum atomic E-state index is 5.66. The normalized spacial score (nSPS) is 10.8. The van der Waals surface area contributed by atoms with Gasteiger partial charge in [0.25, 0.3) is 0 Å². The van der Waals surface area contributed by atoms with E-state index >= 15 is 0 Å². The van der Waals surface area contributed by atoms with Crippen molar-refractivity contribution in [1.29, 1.82) is 0 Å². The number of pyridine rings is 1. The van der Waals surface area contributed by atoms with Crippen molar-refractivity contribution in [3.8, 4) is 11.1 Å². The molecule has 2 N–H and O–H groups in total. The molecule has 0 aliphatic carbocycles. The van der Waals surface area contributed by atoms with E-state index in [4.69, 9.17) is 5.73 Å². The largest absolute Gasteiger partial charge is 0.384 e. The van der Waals surface area contributed by atoms with Gasteiger partial charge in [-0.3, -0.25) is 4.68 Å². The van der Waals surface area contributed by atoms with Crippen LogP contribution in [-0.2, 0) is 6.54 Å². The highest BCUT2D eigenvalue weighted by molar-refractivity contribution is 5.68. The number of hydrogen-bond acceptors (Lipinski definition) is 3. The Hall–Kier alpha value is -1.84. The maximum Gasteiger partial charge on any atom is 0.123 e. The molecule has 17 heavy (non-hydrogen) atoms. The van der Waals surface area contributed by atoms with Gasteiger partial charge in [0.15, 0.2) is 0 Å². The van der Waals surface area contributed by atoms with Gasteiger partial charge in [-0.05, 0) is 32.4 Å². The number of nitrogens with zero attached hydrogens (tertiary/aromatic N) is 3. The number of rotatable bonds is 3. The lowest BCUT2D eigenvalue weighted by Crippen LogP contribution is -1.96. The smallest absolute Gasteiger partial charge is 0.123 e. The van der Waals surface area contributed by atoms with Gasteiger partial charge in [-0.2, -0.15) is 5.10 Å². The van der Waals surface area contributed by atoms with E-state index in [1.807, 2.05) is 30.7 Å². The second-order valence-electron chi connectivity index (χ2n) is 4.26. The van der Waals surface area contributed by atoms with Crippen LogP contribution in [0.15, 0.2) is 18.3 Å². The van der Waals surface area contributed by atoms with Crippen LogP contribution in [0.25, 0.3) is 11.1 Å². The van der Waals surface area contributed by atoms with Crippen molar-refractivity contribution in [2.45, 2.75) is 33.7 Å². The standard InChI is InChI=1S/C13H18N4/c1-4-7-17-8-12(10(3)16-17)11-5-6-13(14)15-9(11)2/h5-6,8H,4,7H2,1-3H3,(H2,14,15). The average molecular weight is 230 g/mol. The quantitative estimate of drug-likeness (QED) is 0.881. The van der Waals surface area contributed by atoms with Gasteiger partial charge in [-0.25, -0.2) is 4.98 Å². The van der Waals surface area contributed by atoms with Crippen molar-refractivity contribution in [2.24, 2.45) is 0 Å². The molecule has 0 unspecified atom stereocenters. The summed E-state index contributed by atoms with van der Waals surface area (Å²) in [7, 11) is 0. The third-order valence-corrected chi connectivity index (χ3v) is 2.80. The van der Waals surface area contributed by atoms with Crippen LogP contribution in [0.4, 0.5) is 5.82 Å². The van der Waals surface area contributed by atoms with Crippen molar-refractivity contribution in [1.82, 2.24) is 14.8 Å². The third-order valence-electron chi connectivity index (χ3n) is 2.80. The van der Waals surface area contributed by atoms with E-state index in [2.05, 4.69) is 23.2 Å². The average Bonchev–Trinajstić information content (AvgIpc) is 2.60. The Balaban J connectivity index is 2.45. The van der Waals surface area contributed by atoms with Gasteiger partial charge in [0.05, 0.1) is 5.69 Å². The molecule has 0 fully saturated rings. The Morgan fingerprint density at radius 2 is 1.94 bits per heavy atom. The van der Waals surface area contributed by atoms with Crippen molar-refractivity contribution in [3.63, 3.8) is 0 Å². The Morgan fingerprint density at radius 3 is 2.59 bits per heavy atom. The molecule has 0 saturated carbocycles. The molecule has 2 rings (SSSR count). The third kappa shape index (κ3) is 2.30. The summed E-state index contributed by atoms with van der Waals surface area (Å²) in [6, 6.07) is 3.84. The number of anilines is 1. The highest BCUT2D eigenvalue weighted by Gasteiger charge is 2.10. The summed E-state index contributed by atoms with van der Waals surface area (Å²) in [6.45, 7) is 7.09. The van der Waals surface area contributed by atoms with E-state index < -0.39 is 0 Å². The van der Waals surface area contributed by atoms with Gasteiger partial charge in [0.2, 0.25) is 0 Å². The summed E-state index contributed by atoms with van der Waals surface area (Å²) in [6.07, 6.45) is 3.17. The second-order valence-corrected chi connectivity index (χ2v) is 4.26. The Morgan fingerprint density at radius 1 is 1.18 bits per heavy atom. The molecule has 0 aliphatic rings. The van der Waals surface area contributed by atoms with Gasteiger partial charge in [0, 0.05) is 29.6 Å². The minimum absolute atomic E-state index is 0.560. The SMILES string of the molecule is CCCn1cc(-c2ccc(N)nc2C)c(C)n1. The number of nitrogen functional groups attached to an aromatic ring is 1. The van der Waals surface area contributed by atoms with E-state index in [-0.39, 0.29) is 0 Å². The fourth-order valence-electron chi connectivity index (χ4n) is 1.99. The van der Waals surface area contributed by atoms with Gasteiger partial charge < -0.3 is 5.73 Å². The zero-order valence-electron chi connectivity index (χ0n) is 10.6. The van der Waals surface area contributed by atoms with Crippen molar-refractivity contribution < 1.29 is 0 Å². The van der Waals surface area contributed by atoms with Crippen LogP contribution in [-0.4, -0.2) is 14.8 Å². The first kappa shape index (κ1) is 11.6. The molecule has 90 valence electrons. The molecule has 0 bridgehead atoms. The molecular weight excluding hydrogens is 212 g/mol. The Labute approximate surface area is 101 Å². The molecule has 2 heterocycles. The molecule has 4 heteroatoms.